The van der Waals surface area contributed by atoms with Crippen molar-refractivity contribution in [3.8, 4) is 0 Å². The molecule has 16 heavy (non-hydrogen) atoms. The molecule has 0 bridgehead atoms. The van der Waals surface area contributed by atoms with E-state index in [0.29, 0.717) is 6.42 Å². The summed E-state index contributed by atoms with van der Waals surface area (Å²) in [6.07, 6.45) is 2.26. The molecule has 1 heterocycles. The van der Waals surface area contributed by atoms with Crippen molar-refractivity contribution >= 4 is 27.5 Å². The maximum Gasteiger partial charge on any atom is 0.0712 e. The maximum absolute atomic E-state index is 10.4. The molecule has 0 aromatic heterocycles. The van der Waals surface area contributed by atoms with E-state index in [1.807, 2.05) is 18.2 Å². The fraction of sp³-hybridized carbons (Fsp3) is 0.500. The summed E-state index contributed by atoms with van der Waals surface area (Å²) in [5, 5.41) is 14.4. The second kappa shape index (κ2) is 5.05. The van der Waals surface area contributed by atoms with Gasteiger partial charge in [0.2, 0.25) is 0 Å². The fourth-order valence-electron chi connectivity index (χ4n) is 2.10. The van der Waals surface area contributed by atoms with E-state index in [-0.39, 0.29) is 0 Å². The number of piperidine rings is 1. The van der Waals surface area contributed by atoms with Gasteiger partial charge in [-0.3, -0.25) is 0 Å². The first-order valence-electron chi connectivity index (χ1n) is 5.46. The van der Waals surface area contributed by atoms with Gasteiger partial charge in [-0.1, -0.05) is 27.5 Å². The van der Waals surface area contributed by atoms with Gasteiger partial charge in [0, 0.05) is 15.9 Å². The summed E-state index contributed by atoms with van der Waals surface area (Å²) < 4.78 is 1.02. The molecule has 1 aliphatic heterocycles. The van der Waals surface area contributed by atoms with Crippen molar-refractivity contribution in [1.82, 2.24) is 5.32 Å². The molecule has 0 atom stereocenters. The molecular formula is C12H15BrClNO. The minimum absolute atomic E-state index is 0.585. The predicted octanol–water partition coefficient (Wildman–Crippen LogP) is 2.76. The molecule has 4 heteroatoms. The number of hydrogen-bond acceptors (Lipinski definition) is 2. The molecule has 0 spiro atoms. The van der Waals surface area contributed by atoms with Gasteiger partial charge in [-0.05, 0) is 49.7 Å². The molecule has 2 nitrogen and oxygen atoms in total. The summed E-state index contributed by atoms with van der Waals surface area (Å²) in [4.78, 5) is 0. The summed E-state index contributed by atoms with van der Waals surface area (Å²) in [5.74, 6) is 0. The van der Waals surface area contributed by atoms with Crippen molar-refractivity contribution in [2.75, 3.05) is 13.1 Å². The van der Waals surface area contributed by atoms with Crippen LogP contribution in [-0.2, 0) is 6.42 Å². The first-order valence-corrected chi connectivity index (χ1v) is 6.63. The van der Waals surface area contributed by atoms with Gasteiger partial charge < -0.3 is 10.4 Å². The quantitative estimate of drug-likeness (QED) is 0.880. The molecule has 2 rings (SSSR count). The number of hydrogen-bond donors (Lipinski definition) is 2. The van der Waals surface area contributed by atoms with Gasteiger partial charge in [-0.2, -0.15) is 0 Å². The van der Waals surface area contributed by atoms with Crippen LogP contribution in [0.25, 0.3) is 0 Å². The van der Waals surface area contributed by atoms with E-state index < -0.39 is 5.60 Å². The molecule has 0 amide bonds. The van der Waals surface area contributed by atoms with Crippen molar-refractivity contribution in [2.24, 2.45) is 0 Å². The predicted molar refractivity (Wildman–Crippen MR) is 69.9 cm³/mol. The Morgan fingerprint density at radius 3 is 2.75 bits per heavy atom. The largest absolute Gasteiger partial charge is 0.389 e. The minimum atomic E-state index is -0.585. The number of aliphatic hydroxyl groups is 1. The molecule has 0 radical (unpaired) electrons. The number of benzene rings is 1. The van der Waals surface area contributed by atoms with E-state index in [0.717, 1.165) is 41.0 Å². The smallest absolute Gasteiger partial charge is 0.0712 e. The molecule has 1 aliphatic rings. The van der Waals surface area contributed by atoms with Crippen LogP contribution in [-0.4, -0.2) is 23.8 Å². The van der Waals surface area contributed by atoms with Crippen molar-refractivity contribution in [2.45, 2.75) is 24.9 Å². The second-order valence-corrected chi connectivity index (χ2v) is 5.68. The van der Waals surface area contributed by atoms with Gasteiger partial charge in [0.05, 0.1) is 5.60 Å². The van der Waals surface area contributed by atoms with Crippen LogP contribution in [0.3, 0.4) is 0 Å². The van der Waals surface area contributed by atoms with E-state index in [2.05, 4.69) is 21.2 Å². The van der Waals surface area contributed by atoms with Crippen LogP contribution >= 0.6 is 27.5 Å². The van der Waals surface area contributed by atoms with Crippen LogP contribution in [0.2, 0.25) is 5.02 Å². The van der Waals surface area contributed by atoms with Crippen molar-refractivity contribution in [3.05, 3.63) is 33.3 Å². The van der Waals surface area contributed by atoms with Crippen molar-refractivity contribution in [3.63, 3.8) is 0 Å². The van der Waals surface area contributed by atoms with Crippen LogP contribution in [0.5, 0.6) is 0 Å². The third-order valence-electron chi connectivity index (χ3n) is 3.06. The van der Waals surface area contributed by atoms with Crippen LogP contribution in [0, 0.1) is 0 Å². The number of halogens is 2. The van der Waals surface area contributed by atoms with Gasteiger partial charge in [0.25, 0.3) is 0 Å². The SMILES string of the molecule is OC1(Cc2cc(Cl)ccc2Br)CCNCC1. The second-order valence-electron chi connectivity index (χ2n) is 4.39. The number of rotatable bonds is 2. The Morgan fingerprint density at radius 2 is 2.06 bits per heavy atom. The van der Waals surface area contributed by atoms with Crippen LogP contribution in [0.1, 0.15) is 18.4 Å². The molecule has 1 aromatic carbocycles. The van der Waals surface area contributed by atoms with Crippen molar-refractivity contribution < 1.29 is 5.11 Å². The zero-order chi connectivity index (χ0) is 11.6. The highest BCUT2D eigenvalue weighted by molar-refractivity contribution is 9.10. The van der Waals surface area contributed by atoms with E-state index in [1.165, 1.54) is 0 Å². The molecule has 1 aromatic rings. The Balaban J connectivity index is 2.15. The lowest BCUT2D eigenvalue weighted by atomic mass is 9.86. The topological polar surface area (TPSA) is 32.3 Å². The van der Waals surface area contributed by atoms with E-state index in [1.54, 1.807) is 0 Å². The monoisotopic (exact) mass is 303 g/mol. The van der Waals surface area contributed by atoms with Crippen LogP contribution < -0.4 is 5.32 Å². The highest BCUT2D eigenvalue weighted by atomic mass is 79.9. The highest BCUT2D eigenvalue weighted by Gasteiger charge is 2.29. The van der Waals surface area contributed by atoms with E-state index in [4.69, 9.17) is 11.6 Å². The third kappa shape index (κ3) is 2.98. The summed E-state index contributed by atoms with van der Waals surface area (Å²) in [6.45, 7) is 1.77. The highest BCUT2D eigenvalue weighted by Crippen LogP contribution is 2.29. The first-order chi connectivity index (χ1) is 7.59. The zero-order valence-electron chi connectivity index (χ0n) is 8.97. The lowest BCUT2D eigenvalue weighted by Crippen LogP contribution is -2.43. The Kier molecular flexibility index (Phi) is 3.90. The normalized spacial score (nSPS) is 19.7. The summed E-state index contributed by atoms with van der Waals surface area (Å²) >= 11 is 9.46. The van der Waals surface area contributed by atoms with Gasteiger partial charge in [-0.15, -0.1) is 0 Å². The van der Waals surface area contributed by atoms with Crippen LogP contribution in [0.4, 0.5) is 0 Å². The Labute approximate surface area is 109 Å². The summed E-state index contributed by atoms with van der Waals surface area (Å²) in [7, 11) is 0. The summed E-state index contributed by atoms with van der Waals surface area (Å²) in [6, 6.07) is 5.70. The first kappa shape index (κ1) is 12.4. The maximum atomic E-state index is 10.4. The van der Waals surface area contributed by atoms with Gasteiger partial charge in [0.1, 0.15) is 0 Å². The van der Waals surface area contributed by atoms with Gasteiger partial charge in [0.15, 0.2) is 0 Å². The van der Waals surface area contributed by atoms with Gasteiger partial charge in [-0.25, -0.2) is 0 Å². The van der Waals surface area contributed by atoms with E-state index >= 15 is 0 Å². The molecule has 1 fully saturated rings. The minimum Gasteiger partial charge on any atom is -0.389 e. The Bertz CT molecular complexity index is 377. The zero-order valence-corrected chi connectivity index (χ0v) is 11.3. The average Bonchev–Trinajstić information content (AvgIpc) is 2.24. The average molecular weight is 305 g/mol. The molecule has 1 saturated heterocycles. The Hall–Kier alpha value is -0.0900. The molecular weight excluding hydrogens is 289 g/mol. The third-order valence-corrected chi connectivity index (χ3v) is 4.07. The molecule has 0 saturated carbocycles. The van der Waals surface area contributed by atoms with Gasteiger partial charge >= 0.3 is 0 Å². The lowest BCUT2D eigenvalue weighted by molar-refractivity contribution is 0.0107. The number of nitrogens with one attached hydrogen (secondary N) is 1. The molecule has 0 aliphatic carbocycles. The fourth-order valence-corrected chi connectivity index (χ4v) is 2.68. The van der Waals surface area contributed by atoms with Crippen molar-refractivity contribution in [1.29, 1.82) is 0 Å². The standard InChI is InChI=1S/C12H15BrClNO/c13-11-2-1-10(14)7-9(11)8-12(16)3-5-15-6-4-12/h1-2,7,15-16H,3-6,8H2. The Morgan fingerprint density at radius 1 is 1.38 bits per heavy atom. The molecule has 0 unspecified atom stereocenters. The van der Waals surface area contributed by atoms with E-state index in [9.17, 15) is 5.11 Å². The van der Waals surface area contributed by atoms with Crippen LogP contribution in [0.15, 0.2) is 22.7 Å². The molecule has 88 valence electrons. The molecule has 2 N–H and O–H groups in total. The summed E-state index contributed by atoms with van der Waals surface area (Å²) in [5.41, 5.74) is 0.496. The lowest BCUT2D eigenvalue weighted by Gasteiger charge is -2.33.